The first-order valence-electron chi connectivity index (χ1n) is 5.27. The van der Waals surface area contributed by atoms with Crippen LogP contribution < -0.4 is 5.73 Å². The largest absolute Gasteiger partial charge is 0.442 e. The van der Waals surface area contributed by atoms with Gasteiger partial charge in [-0.05, 0) is 38.0 Å². The molecule has 0 radical (unpaired) electrons. The van der Waals surface area contributed by atoms with E-state index in [1.165, 1.54) is 13.8 Å². The molecule has 0 saturated heterocycles. The van der Waals surface area contributed by atoms with Gasteiger partial charge in [0.25, 0.3) is 0 Å². The number of rotatable bonds is 2. The van der Waals surface area contributed by atoms with Gasteiger partial charge >= 0.3 is 12.3 Å². The van der Waals surface area contributed by atoms with Crippen LogP contribution in [-0.4, -0.2) is 6.09 Å². The molecule has 0 aromatic heterocycles. The first kappa shape index (κ1) is 14.3. The third-order valence-electron chi connectivity index (χ3n) is 2.63. The molecule has 1 atom stereocenters. The van der Waals surface area contributed by atoms with Gasteiger partial charge in [-0.3, -0.25) is 0 Å². The van der Waals surface area contributed by atoms with Gasteiger partial charge in [-0.1, -0.05) is 11.6 Å². The average molecular weight is 261 g/mol. The molecule has 2 N–H and O–H groups in total. The van der Waals surface area contributed by atoms with E-state index in [1.54, 1.807) is 13.0 Å². The number of ether oxygens (including phenoxy) is 1. The van der Waals surface area contributed by atoms with Crippen LogP contribution in [0.1, 0.15) is 35.3 Å². The number of alkyl halides is 3. The molecular formula is C12H14F3NO2. The van der Waals surface area contributed by atoms with Crippen LogP contribution in [0.3, 0.4) is 0 Å². The van der Waals surface area contributed by atoms with Crippen LogP contribution in [0.25, 0.3) is 0 Å². The van der Waals surface area contributed by atoms with E-state index in [0.717, 1.165) is 6.07 Å². The Bertz CT molecular complexity index is 469. The van der Waals surface area contributed by atoms with Crippen molar-refractivity contribution in [1.82, 2.24) is 0 Å². The highest BCUT2D eigenvalue weighted by Gasteiger charge is 2.34. The summed E-state index contributed by atoms with van der Waals surface area (Å²) >= 11 is 0. The molecule has 1 aromatic rings. The molecule has 1 rings (SSSR count). The van der Waals surface area contributed by atoms with Crippen LogP contribution >= 0.6 is 0 Å². The van der Waals surface area contributed by atoms with Crippen molar-refractivity contribution in [3.8, 4) is 0 Å². The number of nitrogens with two attached hydrogens (primary N) is 1. The molecule has 0 fully saturated rings. The predicted octanol–water partition coefficient (Wildman–Crippen LogP) is 3.48. The highest BCUT2D eigenvalue weighted by atomic mass is 19.4. The zero-order chi connectivity index (χ0) is 14.1. The maximum atomic E-state index is 12.8. The molecule has 0 aliphatic carbocycles. The van der Waals surface area contributed by atoms with Gasteiger partial charge < -0.3 is 10.5 Å². The molecule has 100 valence electrons. The summed E-state index contributed by atoms with van der Waals surface area (Å²) in [5.41, 5.74) is 4.93. The molecule has 0 aliphatic heterocycles. The number of carbonyl (C=O) groups is 1. The zero-order valence-electron chi connectivity index (χ0n) is 10.3. The van der Waals surface area contributed by atoms with E-state index in [0.29, 0.717) is 11.1 Å². The molecule has 0 saturated carbocycles. The molecule has 0 heterocycles. The fourth-order valence-electron chi connectivity index (χ4n) is 1.84. The Morgan fingerprint density at radius 2 is 1.89 bits per heavy atom. The fourth-order valence-corrected chi connectivity index (χ4v) is 1.84. The van der Waals surface area contributed by atoms with Gasteiger partial charge in [-0.15, -0.1) is 0 Å². The van der Waals surface area contributed by atoms with Crippen LogP contribution in [0, 0.1) is 13.8 Å². The molecule has 1 aromatic carbocycles. The number of halogens is 3. The highest BCUT2D eigenvalue weighted by Crippen LogP contribution is 2.36. The lowest BCUT2D eigenvalue weighted by Crippen LogP contribution is -2.18. The summed E-state index contributed by atoms with van der Waals surface area (Å²) in [6, 6.07) is 2.62. The molecule has 1 amide bonds. The summed E-state index contributed by atoms with van der Waals surface area (Å²) in [4.78, 5) is 10.6. The molecular weight excluding hydrogens is 247 g/mol. The number of hydrogen-bond acceptors (Lipinski definition) is 2. The van der Waals surface area contributed by atoms with Crippen molar-refractivity contribution in [2.45, 2.75) is 33.1 Å². The molecule has 0 aliphatic rings. The summed E-state index contributed by atoms with van der Waals surface area (Å²) in [6.45, 7) is 4.38. The summed E-state index contributed by atoms with van der Waals surface area (Å²) in [7, 11) is 0. The van der Waals surface area contributed by atoms with E-state index in [4.69, 9.17) is 10.5 Å². The number of carbonyl (C=O) groups excluding carboxylic acids is 1. The second-order valence-electron chi connectivity index (χ2n) is 4.10. The van der Waals surface area contributed by atoms with Gasteiger partial charge in [0.05, 0.1) is 5.56 Å². The average Bonchev–Trinajstić information content (AvgIpc) is 2.18. The fraction of sp³-hybridized carbons (Fsp3) is 0.417. The number of benzene rings is 1. The van der Waals surface area contributed by atoms with Crippen molar-refractivity contribution in [1.29, 1.82) is 0 Å². The van der Waals surface area contributed by atoms with Crippen LogP contribution in [-0.2, 0) is 10.9 Å². The number of aryl methyl sites for hydroxylation is 1. The standard InChI is InChI=1S/C12H14F3NO2/c1-6-4-9(8(3)18-11(16)17)7(2)10(5-6)12(13,14)15/h4-5,8H,1-3H3,(H2,16,17). The van der Waals surface area contributed by atoms with Crippen molar-refractivity contribution in [3.63, 3.8) is 0 Å². The first-order valence-corrected chi connectivity index (χ1v) is 5.27. The lowest BCUT2D eigenvalue weighted by Gasteiger charge is -2.19. The third kappa shape index (κ3) is 3.15. The summed E-state index contributed by atoms with van der Waals surface area (Å²) in [6.07, 6.45) is -6.27. The maximum Gasteiger partial charge on any atom is 0.416 e. The summed E-state index contributed by atoms with van der Waals surface area (Å²) in [5, 5.41) is 0. The lowest BCUT2D eigenvalue weighted by molar-refractivity contribution is -0.138. The van der Waals surface area contributed by atoms with Crippen molar-refractivity contribution >= 4 is 6.09 Å². The first-order chi connectivity index (χ1) is 8.12. The number of primary amides is 1. The normalized spacial score (nSPS) is 13.2. The molecule has 18 heavy (non-hydrogen) atoms. The predicted molar refractivity (Wildman–Crippen MR) is 60.0 cm³/mol. The summed E-state index contributed by atoms with van der Waals surface area (Å²) in [5.74, 6) is 0. The molecule has 1 unspecified atom stereocenters. The monoisotopic (exact) mass is 261 g/mol. The molecule has 3 nitrogen and oxygen atoms in total. The van der Waals surface area contributed by atoms with Crippen molar-refractivity contribution in [2.24, 2.45) is 5.73 Å². The van der Waals surface area contributed by atoms with Crippen LogP contribution in [0.2, 0.25) is 0 Å². The van der Waals surface area contributed by atoms with E-state index in [1.807, 2.05) is 0 Å². The van der Waals surface area contributed by atoms with Gasteiger partial charge in [0.15, 0.2) is 0 Å². The second-order valence-corrected chi connectivity index (χ2v) is 4.10. The molecule has 0 bridgehead atoms. The Balaban J connectivity index is 3.29. The minimum Gasteiger partial charge on any atom is -0.442 e. The smallest absolute Gasteiger partial charge is 0.416 e. The Hall–Kier alpha value is -1.72. The summed E-state index contributed by atoms with van der Waals surface area (Å²) < 4.78 is 43.1. The minimum absolute atomic E-state index is 0.0434. The third-order valence-corrected chi connectivity index (χ3v) is 2.63. The second kappa shape index (κ2) is 4.88. The van der Waals surface area contributed by atoms with E-state index in [-0.39, 0.29) is 5.56 Å². The quantitative estimate of drug-likeness (QED) is 0.886. The van der Waals surface area contributed by atoms with E-state index in [9.17, 15) is 18.0 Å². The van der Waals surface area contributed by atoms with Crippen molar-refractivity contribution in [3.05, 3.63) is 34.4 Å². The van der Waals surface area contributed by atoms with Crippen LogP contribution in [0.5, 0.6) is 0 Å². The molecule has 0 spiro atoms. The zero-order valence-corrected chi connectivity index (χ0v) is 10.3. The van der Waals surface area contributed by atoms with Crippen molar-refractivity contribution < 1.29 is 22.7 Å². The van der Waals surface area contributed by atoms with E-state index < -0.39 is 23.9 Å². The topological polar surface area (TPSA) is 52.3 Å². The van der Waals surface area contributed by atoms with Gasteiger partial charge in [0.2, 0.25) is 0 Å². The maximum absolute atomic E-state index is 12.8. The number of amides is 1. The Kier molecular flexibility index (Phi) is 3.88. The Morgan fingerprint density at radius 3 is 2.33 bits per heavy atom. The van der Waals surface area contributed by atoms with E-state index >= 15 is 0 Å². The van der Waals surface area contributed by atoms with E-state index in [2.05, 4.69) is 0 Å². The van der Waals surface area contributed by atoms with Crippen LogP contribution in [0.15, 0.2) is 12.1 Å². The Labute approximate surface area is 103 Å². The van der Waals surface area contributed by atoms with Crippen molar-refractivity contribution in [2.75, 3.05) is 0 Å². The van der Waals surface area contributed by atoms with Gasteiger partial charge in [-0.2, -0.15) is 13.2 Å². The SMILES string of the molecule is Cc1cc(C(C)OC(N)=O)c(C)c(C(F)(F)F)c1. The van der Waals surface area contributed by atoms with Gasteiger partial charge in [-0.25, -0.2) is 4.79 Å². The minimum atomic E-state index is -4.43. The van der Waals surface area contributed by atoms with Crippen LogP contribution in [0.4, 0.5) is 18.0 Å². The Morgan fingerprint density at radius 1 is 1.33 bits per heavy atom. The van der Waals surface area contributed by atoms with Gasteiger partial charge in [0, 0.05) is 0 Å². The highest BCUT2D eigenvalue weighted by molar-refractivity contribution is 5.65. The number of hydrogen-bond donors (Lipinski definition) is 1. The lowest BCUT2D eigenvalue weighted by atomic mass is 9.96. The molecule has 6 heteroatoms. The van der Waals surface area contributed by atoms with Gasteiger partial charge in [0.1, 0.15) is 6.10 Å².